The van der Waals surface area contributed by atoms with Gasteiger partial charge in [-0.1, -0.05) is 313 Å². The van der Waals surface area contributed by atoms with Crippen LogP contribution in [-0.4, -0.2) is 126 Å². The maximum Gasteiger partial charge on any atom is 0.340 e. The molecule has 744 valence electrons. The van der Waals surface area contributed by atoms with Gasteiger partial charge < -0.3 is 30.3 Å². The molecule has 9 heterocycles. The Labute approximate surface area is 857 Å². The number of aryl methyl sites for hydroxylation is 3. The molecule has 0 aliphatic heterocycles. The molecule has 0 unspecified atom stereocenters. The number of nitrogens with two attached hydrogens (primary N) is 1. The van der Waals surface area contributed by atoms with Gasteiger partial charge >= 0.3 is 11.9 Å². The van der Waals surface area contributed by atoms with Crippen LogP contribution in [0.15, 0.2) is 416 Å². The topological polar surface area (TPSA) is 364 Å². The molecule has 30 nitrogen and oxygen atoms in total. The number of pyridine rings is 3. The van der Waals surface area contributed by atoms with E-state index in [9.17, 15) is 44.7 Å². The van der Waals surface area contributed by atoms with Gasteiger partial charge in [-0.3, -0.25) is 18.8 Å². The van der Waals surface area contributed by atoms with Crippen LogP contribution >= 0.6 is 0 Å². The molecule has 21 aromatic rings. The molecule has 0 atom stereocenters. The quantitative estimate of drug-likeness (QED) is 0.0395. The molecule has 33 heteroatoms. The largest absolute Gasteiger partial charge is 0.478 e. The third-order valence-electron chi connectivity index (χ3n) is 24.3. The number of carbonyl (C=O) groups is 3. The fourth-order valence-electron chi connectivity index (χ4n) is 17.6. The third kappa shape index (κ3) is 21.7. The smallest absolute Gasteiger partial charge is 0.340 e. The van der Waals surface area contributed by atoms with Gasteiger partial charge in [-0.2, -0.15) is 15.3 Å². The maximum absolute atomic E-state index is 14.9. The summed E-state index contributed by atoms with van der Waals surface area (Å²) in [5.41, 5.74) is 17.4. The molecular weight excluding hydrogens is 1920 g/mol. The number of nitrogens with zero attached hydrogens (tertiary/aromatic N) is 18. The van der Waals surface area contributed by atoms with Crippen molar-refractivity contribution in [1.29, 1.82) is 0 Å². The number of anilines is 3. The van der Waals surface area contributed by atoms with E-state index in [1.54, 1.807) is 169 Å². The monoisotopic (exact) mass is 2020 g/mol. The first-order chi connectivity index (χ1) is 70.4. The molecule has 1 amide bonds. The first kappa shape index (κ1) is 103. The molecule has 0 fully saturated rings. The number of methoxy groups -OCH3 is 1. The van der Waals surface area contributed by atoms with Crippen molar-refractivity contribution >= 4 is 98.1 Å². The molecular formula is C115H105N19O11S3. The van der Waals surface area contributed by atoms with Gasteiger partial charge in [-0.25, -0.2) is 76.7 Å². The second-order valence-corrected chi connectivity index (χ2v) is 39.6. The Morgan fingerprint density at radius 1 is 0.304 bits per heavy atom. The van der Waals surface area contributed by atoms with E-state index in [4.69, 9.17) is 25.4 Å². The number of hydrogen-bond acceptors (Lipinski definition) is 22. The van der Waals surface area contributed by atoms with E-state index in [1.165, 1.54) is 49.8 Å². The minimum Gasteiger partial charge on any atom is -0.478 e. The van der Waals surface area contributed by atoms with Crippen molar-refractivity contribution < 1.29 is 49.5 Å². The molecule has 9 aromatic heterocycles. The lowest BCUT2D eigenvalue weighted by molar-refractivity contribution is 0.0601. The average molecular weight is 2030 g/mol. The van der Waals surface area contributed by atoms with Crippen LogP contribution in [0.2, 0.25) is 0 Å². The lowest BCUT2D eigenvalue weighted by atomic mass is 10.1. The summed E-state index contributed by atoms with van der Waals surface area (Å²) in [5.74, 6) is -0.00610. The second-order valence-electron chi connectivity index (χ2n) is 34.2. The van der Waals surface area contributed by atoms with Crippen LogP contribution in [0.5, 0.6) is 0 Å². The van der Waals surface area contributed by atoms with Crippen LogP contribution in [0.4, 0.5) is 17.5 Å². The summed E-state index contributed by atoms with van der Waals surface area (Å²) in [6, 6.07) is 111. The second kappa shape index (κ2) is 44.8. The van der Waals surface area contributed by atoms with Crippen LogP contribution in [0.25, 0.3) is 101 Å². The van der Waals surface area contributed by atoms with Gasteiger partial charge in [0, 0.05) is 112 Å². The van der Waals surface area contributed by atoms with Crippen LogP contribution in [0.3, 0.4) is 0 Å². The number of primary amides is 1. The molecule has 12 aromatic carbocycles. The first-order valence-corrected chi connectivity index (χ1v) is 50.3. The number of carboxylic acid groups (broad SMARTS) is 1. The minimum atomic E-state index is -4.30. The van der Waals surface area contributed by atoms with Crippen molar-refractivity contribution in [3.05, 3.63) is 452 Å². The minimum absolute atomic E-state index is 0. The molecule has 21 rings (SSSR count). The summed E-state index contributed by atoms with van der Waals surface area (Å²) in [7, 11) is -6.19. The van der Waals surface area contributed by atoms with Crippen LogP contribution in [0, 0.1) is 0 Å². The Bertz CT molecular complexity index is 8230. The van der Waals surface area contributed by atoms with Crippen LogP contribution in [-0.2, 0) is 95.2 Å². The van der Waals surface area contributed by atoms with Gasteiger partial charge in [-0.15, -0.1) is 0 Å². The molecule has 0 radical (unpaired) electrons. The van der Waals surface area contributed by atoms with Crippen molar-refractivity contribution in [2.45, 2.75) is 76.2 Å². The molecule has 0 spiro atoms. The number of rotatable bonds is 30. The Kier molecular flexibility index (Phi) is 31.1. The zero-order valence-electron chi connectivity index (χ0n) is 78.7. The summed E-state index contributed by atoms with van der Waals surface area (Å²) in [6.07, 6.45) is 8.99. The Morgan fingerprint density at radius 2 is 0.534 bits per heavy atom. The fraction of sp³-hybridized carbons (Fsp3) is 0.113. The summed E-state index contributed by atoms with van der Waals surface area (Å²) in [5, 5.41) is 24.6. The van der Waals surface area contributed by atoms with Gasteiger partial charge in [0.25, 0.3) is 36.0 Å². The normalized spacial score (nSPS) is 11.3. The van der Waals surface area contributed by atoms with Crippen molar-refractivity contribution in [3.8, 4) is 67.9 Å². The first-order valence-electron chi connectivity index (χ1n) is 46.0. The molecule has 0 aliphatic rings. The predicted molar refractivity (Wildman–Crippen MR) is 578 cm³/mol. The number of fused-ring (bicyclic) bond motifs is 3. The number of benzene rings is 12. The number of amides is 1. The van der Waals surface area contributed by atoms with Gasteiger partial charge in [0.1, 0.15) is 35.5 Å². The van der Waals surface area contributed by atoms with Gasteiger partial charge in [-0.05, 0) is 123 Å². The number of hydrogen-bond donors (Lipinski definition) is 2. The Balaban J connectivity index is 0.000000157. The SMILES string of the molecule is C.C.C.COC(=O)c1cnc(N(Cc2ccccc2)Cc2ccccc2)c2c1cc(-c1cccc(-c3ncn(C)n3)c1)n2S(=O)(=O)c1ccccc1.Cn1cnc(-c2cccc(-c3cc4c(C(=O)O)cnc(N(Cc5ccccc5)Cc5ccccc5)c4n3S(=O)(=O)c3ccccc3)c2)n1.Cn1cnc(-c2cccc(-c3cc4c(C(N)=O)cnc(N(Cc5ccccc5)Cc5ccccc5)c4n3S(=O)(=O)c3ccccc3)c2)n1. The standard InChI is InChI=1S/C38H32N6O4S.C37H31N7O3S.C37H30N6O4S.3CH4/c1-42-26-40-36(41-42)30-18-12-17-29(21-30)34-22-32-33(38(45)48-2)23-39-37(35(32)44(34)49(46,47)31-19-10-5-11-20-31)43(24-27-13-6-3-7-14-27)25-28-15-8-4-9-16-28;1-42-25-40-36(41-42)29-17-11-16-28(20-29)33-21-31-32(35(38)45)22-39-37(34(31)44(33)48(46,47)30-18-9-4-10-19-30)43(23-26-12-5-2-6-13-26)24-27-14-7-3-8-15-27;1-41-25-39-35(40-41)29-17-11-16-28(20-29)33-21-31-32(37(44)45)22-38-36(34(31)43(33)48(46,47)30-18-9-4-10-19-30)42(23-26-12-5-2-6-13-26)24-27-14-7-3-8-15-27;;;/h3-23,26H,24-25H2,1-2H3;2-22,25H,23-24H2,1H3,(H2,38,45);2-22,25H,23-24H2,1H3,(H,44,45);3*1H4. The van der Waals surface area contributed by atoms with Crippen molar-refractivity contribution in [2.24, 2.45) is 26.9 Å². The highest BCUT2D eigenvalue weighted by Crippen LogP contribution is 2.45. The predicted octanol–water partition coefficient (Wildman–Crippen LogP) is 21.3. The molecule has 3 N–H and O–H groups in total. The maximum atomic E-state index is 14.9. The number of aromatic nitrogens is 15. The Hall–Kier alpha value is -18.2. The molecule has 0 saturated heterocycles. The van der Waals surface area contributed by atoms with E-state index in [0.717, 1.165) is 33.4 Å². The van der Waals surface area contributed by atoms with Crippen molar-refractivity contribution in [2.75, 3.05) is 21.8 Å². The van der Waals surface area contributed by atoms with Crippen molar-refractivity contribution in [3.63, 3.8) is 0 Å². The Morgan fingerprint density at radius 3 is 0.770 bits per heavy atom. The summed E-state index contributed by atoms with van der Waals surface area (Å²) in [6.45, 7) is 2.44. The number of esters is 1. The van der Waals surface area contributed by atoms with Crippen LogP contribution < -0.4 is 20.4 Å². The number of ether oxygens (including phenoxy) is 1. The van der Waals surface area contributed by atoms with E-state index < -0.39 is 47.9 Å². The highest BCUT2D eigenvalue weighted by Gasteiger charge is 2.36. The highest BCUT2D eigenvalue weighted by atomic mass is 32.2. The van der Waals surface area contributed by atoms with Gasteiger partial charge in [0.2, 0.25) is 0 Å². The third-order valence-corrected chi connectivity index (χ3v) is 29.5. The summed E-state index contributed by atoms with van der Waals surface area (Å²) < 4.78 is 103. The highest BCUT2D eigenvalue weighted by molar-refractivity contribution is 7.91. The zero-order valence-corrected chi connectivity index (χ0v) is 81.2. The molecule has 0 saturated carbocycles. The average Bonchev–Trinajstić information content (AvgIpc) is 1.57. The lowest BCUT2D eigenvalue weighted by Crippen LogP contribution is -2.25. The van der Waals surface area contributed by atoms with E-state index >= 15 is 0 Å². The molecule has 0 aliphatic carbocycles. The summed E-state index contributed by atoms with van der Waals surface area (Å²) in [4.78, 5) is 72.5. The van der Waals surface area contributed by atoms with E-state index in [0.29, 0.717) is 130 Å². The number of aromatic carboxylic acids is 1. The molecule has 148 heavy (non-hydrogen) atoms. The fourth-order valence-corrected chi connectivity index (χ4v) is 22.2. The van der Waals surface area contributed by atoms with Crippen LogP contribution in [0.1, 0.15) is 86.7 Å². The van der Waals surface area contributed by atoms with Crippen molar-refractivity contribution in [1.82, 2.24) is 71.2 Å². The van der Waals surface area contributed by atoms with E-state index in [2.05, 4.69) is 30.2 Å². The zero-order chi connectivity index (χ0) is 100. The van der Waals surface area contributed by atoms with E-state index in [1.807, 2.05) is 251 Å². The lowest BCUT2D eigenvalue weighted by Gasteiger charge is -2.26. The number of carbonyl (C=O) groups excluding carboxylic acids is 2. The summed E-state index contributed by atoms with van der Waals surface area (Å²) >= 11 is 0. The van der Waals surface area contributed by atoms with E-state index in [-0.39, 0.29) is 81.3 Å². The number of carboxylic acids is 1. The molecule has 0 bridgehead atoms. The van der Waals surface area contributed by atoms with Gasteiger partial charge in [0.15, 0.2) is 34.9 Å². The van der Waals surface area contributed by atoms with Gasteiger partial charge in [0.05, 0.1) is 55.6 Å².